The van der Waals surface area contributed by atoms with Gasteiger partial charge in [-0.3, -0.25) is 4.90 Å². The van der Waals surface area contributed by atoms with Gasteiger partial charge in [0.15, 0.2) is 5.76 Å². The van der Waals surface area contributed by atoms with Crippen LogP contribution in [0.1, 0.15) is 36.0 Å². The molecule has 0 saturated heterocycles. The normalized spacial score (nSPS) is 12.8. The van der Waals surface area contributed by atoms with Gasteiger partial charge in [-0.05, 0) is 52.1 Å². The van der Waals surface area contributed by atoms with Crippen molar-refractivity contribution in [2.45, 2.75) is 33.4 Å². The average Bonchev–Trinajstić information content (AvgIpc) is 3.13. The summed E-state index contributed by atoms with van der Waals surface area (Å²) in [5.74, 6) is 2.27. The van der Waals surface area contributed by atoms with Crippen LogP contribution in [0, 0.1) is 13.8 Å². The van der Waals surface area contributed by atoms with Crippen molar-refractivity contribution < 1.29 is 8.94 Å². The molecule has 0 amide bonds. The average molecular weight is 346 g/mol. The predicted octanol–water partition coefficient (Wildman–Crippen LogP) is 4.79. The van der Waals surface area contributed by atoms with Gasteiger partial charge in [-0.1, -0.05) is 16.8 Å². The quantitative estimate of drug-likeness (QED) is 0.665. The van der Waals surface area contributed by atoms with Gasteiger partial charge in [0.05, 0.1) is 17.4 Å². The number of aromatic nitrogens is 2. The summed E-state index contributed by atoms with van der Waals surface area (Å²) in [5, 5.41) is 4.73. The zero-order valence-corrected chi connectivity index (χ0v) is 15.0. The van der Waals surface area contributed by atoms with Gasteiger partial charge >= 0.3 is 0 Å². The minimum absolute atomic E-state index is 0.0155. The van der Waals surface area contributed by atoms with E-state index >= 15 is 0 Å². The van der Waals surface area contributed by atoms with Gasteiger partial charge in [-0.15, -0.1) is 0 Å². The molecule has 24 heavy (non-hydrogen) atoms. The Kier molecular flexibility index (Phi) is 4.73. The molecule has 0 aliphatic rings. The first-order valence-corrected chi connectivity index (χ1v) is 8.17. The molecule has 2 aromatic heterocycles. The molecule has 2 heterocycles. The highest BCUT2D eigenvalue weighted by atomic mass is 35.5. The van der Waals surface area contributed by atoms with Gasteiger partial charge in [0.1, 0.15) is 5.76 Å². The highest BCUT2D eigenvalue weighted by molar-refractivity contribution is 6.30. The molecule has 6 heteroatoms. The second-order valence-electron chi connectivity index (χ2n) is 5.99. The highest BCUT2D eigenvalue weighted by Gasteiger charge is 2.21. The summed E-state index contributed by atoms with van der Waals surface area (Å²) in [6, 6.07) is 9.52. The minimum atomic E-state index is 0.0155. The lowest BCUT2D eigenvalue weighted by Gasteiger charge is -2.20. The van der Waals surface area contributed by atoms with Crippen molar-refractivity contribution in [2.75, 3.05) is 7.05 Å². The molecule has 3 rings (SSSR count). The molecular formula is C18H20ClN3O2. The molecule has 0 radical (unpaired) electrons. The maximum absolute atomic E-state index is 6.03. The molecule has 1 atom stereocenters. The second kappa shape index (κ2) is 6.79. The van der Waals surface area contributed by atoms with Crippen molar-refractivity contribution in [3.63, 3.8) is 0 Å². The Balaban J connectivity index is 1.79. The van der Waals surface area contributed by atoms with E-state index in [2.05, 4.69) is 22.0 Å². The molecule has 0 aliphatic carbocycles. The fraction of sp³-hybridized carbons (Fsp3) is 0.333. The summed E-state index contributed by atoms with van der Waals surface area (Å²) in [7, 11) is 2.01. The number of oxazole rings is 1. The fourth-order valence-electron chi connectivity index (χ4n) is 2.54. The molecule has 5 nitrogen and oxygen atoms in total. The zero-order chi connectivity index (χ0) is 17.3. The number of rotatable bonds is 5. The molecule has 3 aromatic rings. The van der Waals surface area contributed by atoms with E-state index in [1.165, 1.54) is 0 Å². The summed E-state index contributed by atoms with van der Waals surface area (Å²) >= 11 is 5.95. The number of benzene rings is 1. The van der Waals surface area contributed by atoms with Crippen LogP contribution < -0.4 is 0 Å². The summed E-state index contributed by atoms with van der Waals surface area (Å²) in [6.45, 7) is 6.56. The lowest BCUT2D eigenvalue weighted by molar-refractivity contribution is 0.212. The van der Waals surface area contributed by atoms with Gasteiger partial charge in [0.25, 0.3) is 0 Å². The van der Waals surface area contributed by atoms with E-state index in [9.17, 15) is 0 Å². The zero-order valence-electron chi connectivity index (χ0n) is 14.2. The van der Waals surface area contributed by atoms with Gasteiger partial charge in [-0.25, -0.2) is 4.98 Å². The van der Waals surface area contributed by atoms with Crippen LogP contribution in [0.15, 0.2) is 39.3 Å². The molecule has 0 spiro atoms. The summed E-state index contributed by atoms with van der Waals surface area (Å²) in [5.41, 5.74) is 2.73. The first kappa shape index (κ1) is 16.7. The van der Waals surface area contributed by atoms with Crippen molar-refractivity contribution in [1.29, 1.82) is 0 Å². The summed E-state index contributed by atoms with van der Waals surface area (Å²) < 4.78 is 11.1. The van der Waals surface area contributed by atoms with E-state index in [0.717, 1.165) is 28.5 Å². The molecule has 1 unspecified atom stereocenters. The third kappa shape index (κ3) is 3.52. The highest BCUT2D eigenvalue weighted by Crippen LogP contribution is 2.29. The topological polar surface area (TPSA) is 55.3 Å². The molecule has 126 valence electrons. The van der Waals surface area contributed by atoms with Crippen molar-refractivity contribution >= 4 is 11.6 Å². The number of halogens is 1. The monoisotopic (exact) mass is 345 g/mol. The van der Waals surface area contributed by atoms with Crippen molar-refractivity contribution in [2.24, 2.45) is 0 Å². The van der Waals surface area contributed by atoms with Gasteiger partial charge < -0.3 is 8.94 Å². The Bertz CT molecular complexity index is 823. The lowest BCUT2D eigenvalue weighted by atomic mass is 10.1. The van der Waals surface area contributed by atoms with Crippen LogP contribution >= 0.6 is 11.6 Å². The molecule has 0 bridgehead atoms. The van der Waals surface area contributed by atoms with E-state index in [-0.39, 0.29) is 6.04 Å². The minimum Gasteiger partial charge on any atom is -0.439 e. The lowest BCUT2D eigenvalue weighted by Crippen LogP contribution is -2.22. The first-order valence-electron chi connectivity index (χ1n) is 7.79. The number of nitrogens with zero attached hydrogens (tertiary/aromatic N) is 3. The van der Waals surface area contributed by atoms with Crippen LogP contribution in [0.2, 0.25) is 5.02 Å². The number of hydrogen-bond acceptors (Lipinski definition) is 5. The Labute approximate surface area is 146 Å². The van der Waals surface area contributed by atoms with Gasteiger partial charge in [-0.2, -0.15) is 0 Å². The van der Waals surface area contributed by atoms with Gasteiger partial charge in [0.2, 0.25) is 5.89 Å². The fourth-order valence-corrected chi connectivity index (χ4v) is 2.66. The maximum Gasteiger partial charge on any atom is 0.212 e. The standard InChI is InChI=1S/C18H20ClN3O2/c1-11-9-16(21-24-11)10-22(4)13(3)18-20-12(2)17(23-18)14-5-7-15(19)8-6-14/h5-9,13H,10H2,1-4H3. The first-order chi connectivity index (χ1) is 11.4. The van der Waals surface area contributed by atoms with Crippen molar-refractivity contribution in [3.8, 4) is 11.3 Å². The smallest absolute Gasteiger partial charge is 0.212 e. The van der Waals surface area contributed by atoms with Crippen LogP contribution in [0.5, 0.6) is 0 Å². The predicted molar refractivity (Wildman–Crippen MR) is 92.8 cm³/mol. The molecule has 0 saturated carbocycles. The van der Waals surface area contributed by atoms with Crippen LogP contribution in [0.3, 0.4) is 0 Å². The number of aryl methyl sites for hydroxylation is 2. The van der Waals surface area contributed by atoms with Crippen LogP contribution in [0.4, 0.5) is 0 Å². The van der Waals surface area contributed by atoms with Crippen LogP contribution in [-0.4, -0.2) is 22.1 Å². The maximum atomic E-state index is 6.03. The van der Waals surface area contributed by atoms with Crippen LogP contribution in [-0.2, 0) is 6.54 Å². The summed E-state index contributed by atoms with van der Waals surface area (Å²) in [6.07, 6.45) is 0. The van der Waals surface area contributed by atoms with E-state index < -0.39 is 0 Å². The Morgan fingerprint density at radius 2 is 1.92 bits per heavy atom. The van der Waals surface area contributed by atoms with E-state index in [4.69, 9.17) is 20.5 Å². The molecule has 0 fully saturated rings. The van der Waals surface area contributed by atoms with Crippen molar-refractivity contribution in [3.05, 3.63) is 58.4 Å². The van der Waals surface area contributed by atoms with E-state index in [1.807, 2.05) is 51.2 Å². The van der Waals surface area contributed by atoms with Crippen molar-refractivity contribution in [1.82, 2.24) is 15.0 Å². The third-order valence-electron chi connectivity index (χ3n) is 4.03. The molecule has 0 N–H and O–H groups in total. The number of hydrogen-bond donors (Lipinski definition) is 0. The Hall–Kier alpha value is -2.11. The molecular weight excluding hydrogens is 326 g/mol. The summed E-state index contributed by atoms with van der Waals surface area (Å²) in [4.78, 5) is 6.71. The SMILES string of the molecule is Cc1cc(CN(C)C(C)c2nc(C)c(-c3ccc(Cl)cc3)o2)no1. The largest absolute Gasteiger partial charge is 0.439 e. The van der Waals surface area contributed by atoms with E-state index in [0.29, 0.717) is 17.5 Å². The molecule has 1 aromatic carbocycles. The Morgan fingerprint density at radius 1 is 1.21 bits per heavy atom. The second-order valence-corrected chi connectivity index (χ2v) is 6.43. The third-order valence-corrected chi connectivity index (χ3v) is 4.28. The van der Waals surface area contributed by atoms with E-state index in [1.54, 1.807) is 0 Å². The van der Waals surface area contributed by atoms with Gasteiger partial charge in [0, 0.05) is 23.2 Å². The Morgan fingerprint density at radius 3 is 2.54 bits per heavy atom. The molecule has 0 aliphatic heterocycles. The van der Waals surface area contributed by atoms with Crippen LogP contribution in [0.25, 0.3) is 11.3 Å².